The summed E-state index contributed by atoms with van der Waals surface area (Å²) >= 11 is 0. The Bertz CT molecular complexity index is 326. The predicted molar refractivity (Wildman–Crippen MR) is 87.3 cm³/mol. The molecule has 2 heterocycles. The molecule has 2 unspecified atom stereocenters. The number of likely N-dealkylation sites (tertiary alicyclic amines) is 1. The molecule has 0 spiro atoms. The molecule has 0 bridgehead atoms. The third-order valence-corrected chi connectivity index (χ3v) is 5.23. The second-order valence-corrected chi connectivity index (χ2v) is 7.02. The van der Waals surface area contributed by atoms with Gasteiger partial charge in [0.2, 0.25) is 5.91 Å². The van der Waals surface area contributed by atoms with E-state index >= 15 is 0 Å². The Kier molecular flexibility index (Phi) is 6.49. The Balaban J connectivity index is 1.71. The van der Waals surface area contributed by atoms with Gasteiger partial charge in [-0.2, -0.15) is 0 Å². The number of carbonyl (C=O) groups is 1. The quantitative estimate of drug-likeness (QED) is 0.813. The topological polar surface area (TPSA) is 35.6 Å². The minimum absolute atomic E-state index is 0.216. The fourth-order valence-corrected chi connectivity index (χ4v) is 3.73. The van der Waals surface area contributed by atoms with E-state index in [4.69, 9.17) is 0 Å². The summed E-state index contributed by atoms with van der Waals surface area (Å²) in [5, 5.41) is 3.39. The maximum absolute atomic E-state index is 12.6. The first kappa shape index (κ1) is 16.8. The molecule has 2 aliphatic rings. The van der Waals surface area contributed by atoms with E-state index in [0.29, 0.717) is 11.9 Å². The van der Waals surface area contributed by atoms with Crippen LogP contribution in [0.15, 0.2) is 0 Å². The molecule has 2 aliphatic heterocycles. The van der Waals surface area contributed by atoms with Gasteiger partial charge < -0.3 is 15.1 Å². The average Bonchev–Trinajstić information content (AvgIpc) is 2.91. The molecule has 4 heteroatoms. The fraction of sp³-hybridized carbons (Fsp3) is 0.941. The highest BCUT2D eigenvalue weighted by Gasteiger charge is 2.34. The van der Waals surface area contributed by atoms with Gasteiger partial charge in [0.15, 0.2) is 0 Å². The summed E-state index contributed by atoms with van der Waals surface area (Å²) in [6.45, 7) is 9.73. The molecule has 0 aromatic heterocycles. The third-order valence-electron chi connectivity index (χ3n) is 5.23. The molecular weight excluding hydrogens is 262 g/mol. The Morgan fingerprint density at radius 1 is 1.29 bits per heavy atom. The monoisotopic (exact) mass is 295 g/mol. The zero-order valence-electron chi connectivity index (χ0n) is 14.1. The van der Waals surface area contributed by atoms with Crippen LogP contribution in [0, 0.1) is 11.8 Å². The molecule has 2 atom stereocenters. The molecule has 2 rings (SSSR count). The number of amides is 1. The number of rotatable bonds is 6. The summed E-state index contributed by atoms with van der Waals surface area (Å²) in [7, 11) is 2.24. The van der Waals surface area contributed by atoms with Gasteiger partial charge in [-0.1, -0.05) is 13.3 Å². The SMILES string of the molecule is CCCCN(C)CC1CCN(C(=O)C2CCNC2C)CC1. The van der Waals surface area contributed by atoms with Crippen molar-refractivity contribution in [2.75, 3.05) is 39.8 Å². The summed E-state index contributed by atoms with van der Waals surface area (Å²) in [6, 6.07) is 0.357. The minimum Gasteiger partial charge on any atom is -0.342 e. The highest BCUT2D eigenvalue weighted by atomic mass is 16.2. The van der Waals surface area contributed by atoms with Crippen molar-refractivity contribution in [3.8, 4) is 0 Å². The van der Waals surface area contributed by atoms with E-state index in [1.54, 1.807) is 0 Å². The number of nitrogens with zero attached hydrogens (tertiary/aromatic N) is 2. The number of nitrogens with one attached hydrogen (secondary N) is 1. The van der Waals surface area contributed by atoms with E-state index in [1.165, 1.54) is 38.8 Å². The second kappa shape index (κ2) is 8.14. The zero-order chi connectivity index (χ0) is 15.2. The molecule has 0 radical (unpaired) electrons. The highest BCUT2D eigenvalue weighted by molar-refractivity contribution is 5.80. The van der Waals surface area contributed by atoms with Gasteiger partial charge in [0.1, 0.15) is 0 Å². The highest BCUT2D eigenvalue weighted by Crippen LogP contribution is 2.23. The molecular formula is C17H33N3O. The number of hydrogen-bond donors (Lipinski definition) is 1. The third kappa shape index (κ3) is 4.68. The van der Waals surface area contributed by atoms with Crippen LogP contribution < -0.4 is 5.32 Å². The van der Waals surface area contributed by atoms with Gasteiger partial charge in [-0.3, -0.25) is 4.79 Å². The number of hydrogen-bond acceptors (Lipinski definition) is 3. The van der Waals surface area contributed by atoms with Crippen molar-refractivity contribution in [2.24, 2.45) is 11.8 Å². The van der Waals surface area contributed by atoms with Gasteiger partial charge in [0.25, 0.3) is 0 Å². The van der Waals surface area contributed by atoms with Gasteiger partial charge in [0.05, 0.1) is 5.92 Å². The van der Waals surface area contributed by atoms with E-state index in [9.17, 15) is 4.79 Å². The molecule has 0 aliphatic carbocycles. The van der Waals surface area contributed by atoms with Gasteiger partial charge in [0, 0.05) is 25.7 Å². The van der Waals surface area contributed by atoms with Crippen molar-refractivity contribution in [1.29, 1.82) is 0 Å². The molecule has 2 saturated heterocycles. The maximum atomic E-state index is 12.6. The Labute approximate surface area is 130 Å². The van der Waals surface area contributed by atoms with E-state index in [-0.39, 0.29) is 5.92 Å². The Morgan fingerprint density at radius 2 is 2.00 bits per heavy atom. The van der Waals surface area contributed by atoms with Crippen LogP contribution >= 0.6 is 0 Å². The van der Waals surface area contributed by atoms with Crippen molar-refractivity contribution in [1.82, 2.24) is 15.1 Å². The number of carbonyl (C=O) groups excluding carboxylic acids is 1. The lowest BCUT2D eigenvalue weighted by Crippen LogP contribution is -2.45. The lowest BCUT2D eigenvalue weighted by Gasteiger charge is -2.35. The molecule has 21 heavy (non-hydrogen) atoms. The number of piperidine rings is 1. The fourth-order valence-electron chi connectivity index (χ4n) is 3.73. The number of unbranched alkanes of at least 4 members (excludes halogenated alkanes) is 1. The first-order valence-electron chi connectivity index (χ1n) is 8.82. The predicted octanol–water partition coefficient (Wildman–Crippen LogP) is 1.95. The van der Waals surface area contributed by atoms with Crippen LogP contribution in [0.4, 0.5) is 0 Å². The lowest BCUT2D eigenvalue weighted by molar-refractivity contribution is -0.137. The standard InChI is InChI=1S/C17H33N3O/c1-4-5-10-19(3)13-15-7-11-20(12-8-15)17(21)16-6-9-18-14(16)2/h14-16,18H,4-13H2,1-3H3. The van der Waals surface area contributed by atoms with E-state index in [2.05, 4.69) is 36.0 Å². The van der Waals surface area contributed by atoms with Crippen molar-refractivity contribution < 1.29 is 4.79 Å². The zero-order valence-corrected chi connectivity index (χ0v) is 14.1. The molecule has 1 N–H and O–H groups in total. The summed E-state index contributed by atoms with van der Waals surface area (Å²) in [6.07, 6.45) is 5.93. The van der Waals surface area contributed by atoms with Crippen molar-refractivity contribution in [2.45, 2.75) is 52.0 Å². The largest absolute Gasteiger partial charge is 0.342 e. The summed E-state index contributed by atoms with van der Waals surface area (Å²) in [4.78, 5) is 17.1. The minimum atomic E-state index is 0.216. The molecule has 4 nitrogen and oxygen atoms in total. The molecule has 0 aromatic rings. The van der Waals surface area contributed by atoms with Crippen molar-refractivity contribution >= 4 is 5.91 Å². The van der Waals surface area contributed by atoms with Crippen LogP contribution in [-0.2, 0) is 4.79 Å². The second-order valence-electron chi connectivity index (χ2n) is 7.02. The van der Waals surface area contributed by atoms with E-state index < -0.39 is 0 Å². The van der Waals surface area contributed by atoms with Crippen LogP contribution in [0.25, 0.3) is 0 Å². The Hall–Kier alpha value is -0.610. The van der Waals surface area contributed by atoms with Gasteiger partial charge >= 0.3 is 0 Å². The van der Waals surface area contributed by atoms with Gasteiger partial charge in [-0.15, -0.1) is 0 Å². The Morgan fingerprint density at radius 3 is 2.57 bits per heavy atom. The molecule has 1 amide bonds. The lowest BCUT2D eigenvalue weighted by atomic mass is 9.93. The maximum Gasteiger partial charge on any atom is 0.227 e. The van der Waals surface area contributed by atoms with E-state index in [1.807, 2.05) is 0 Å². The average molecular weight is 295 g/mol. The van der Waals surface area contributed by atoms with Crippen LogP contribution in [-0.4, -0.2) is 61.5 Å². The first-order valence-corrected chi connectivity index (χ1v) is 8.82. The first-order chi connectivity index (χ1) is 10.1. The van der Waals surface area contributed by atoms with Crippen molar-refractivity contribution in [3.63, 3.8) is 0 Å². The summed E-state index contributed by atoms with van der Waals surface area (Å²) < 4.78 is 0. The van der Waals surface area contributed by atoms with Gasteiger partial charge in [-0.25, -0.2) is 0 Å². The smallest absolute Gasteiger partial charge is 0.227 e. The van der Waals surface area contributed by atoms with Crippen molar-refractivity contribution in [3.05, 3.63) is 0 Å². The molecule has 0 aromatic carbocycles. The molecule has 2 fully saturated rings. The van der Waals surface area contributed by atoms with Crippen LogP contribution in [0.5, 0.6) is 0 Å². The van der Waals surface area contributed by atoms with Crippen LogP contribution in [0.2, 0.25) is 0 Å². The van der Waals surface area contributed by atoms with Crippen LogP contribution in [0.1, 0.15) is 46.0 Å². The molecule has 0 saturated carbocycles. The van der Waals surface area contributed by atoms with Crippen LogP contribution in [0.3, 0.4) is 0 Å². The summed E-state index contributed by atoms with van der Waals surface area (Å²) in [5.74, 6) is 1.38. The van der Waals surface area contributed by atoms with E-state index in [0.717, 1.165) is 32.0 Å². The summed E-state index contributed by atoms with van der Waals surface area (Å²) in [5.41, 5.74) is 0. The van der Waals surface area contributed by atoms with Gasteiger partial charge in [-0.05, 0) is 58.7 Å². The molecule has 122 valence electrons. The normalized spacial score (nSPS) is 27.5.